The van der Waals surface area contributed by atoms with E-state index in [2.05, 4.69) is 5.32 Å². The zero-order chi connectivity index (χ0) is 19.3. The van der Waals surface area contributed by atoms with Crippen LogP contribution >= 0.6 is 0 Å². The van der Waals surface area contributed by atoms with Crippen molar-refractivity contribution in [2.75, 3.05) is 36.5 Å². The number of hydrogen-bond donors (Lipinski definition) is 3. The standard InChI is InChI=1S/C15H17F3N4O4/c16-9-5-8(22-3-4-26-7-12(22)23)1-2-10(9)20-14(24)11(6-19)21-15(25)13(17)18/h1-2,5,11,13H,3-4,6-7,19H2,(H,20,24)(H,21,25)/t11-/m0/s1. The number of carbonyl (C=O) groups excluding carboxylic acids is 3. The zero-order valence-electron chi connectivity index (χ0n) is 13.5. The molecule has 1 saturated heterocycles. The van der Waals surface area contributed by atoms with Crippen molar-refractivity contribution >= 4 is 29.1 Å². The minimum atomic E-state index is -3.31. The lowest BCUT2D eigenvalue weighted by Gasteiger charge is -2.27. The van der Waals surface area contributed by atoms with Crippen LogP contribution in [0.15, 0.2) is 18.2 Å². The number of rotatable bonds is 6. The van der Waals surface area contributed by atoms with Crippen molar-refractivity contribution in [2.24, 2.45) is 5.73 Å². The second-order valence-corrected chi connectivity index (χ2v) is 5.35. The first-order valence-corrected chi connectivity index (χ1v) is 7.60. The highest BCUT2D eigenvalue weighted by Crippen LogP contribution is 2.23. The van der Waals surface area contributed by atoms with Crippen LogP contribution in [-0.2, 0) is 19.1 Å². The van der Waals surface area contributed by atoms with Crippen LogP contribution in [-0.4, -0.2) is 56.5 Å². The molecule has 142 valence electrons. The second-order valence-electron chi connectivity index (χ2n) is 5.35. The number of amides is 3. The van der Waals surface area contributed by atoms with E-state index in [0.29, 0.717) is 6.61 Å². The van der Waals surface area contributed by atoms with Gasteiger partial charge in [-0.05, 0) is 18.2 Å². The predicted molar refractivity (Wildman–Crippen MR) is 85.2 cm³/mol. The monoisotopic (exact) mass is 374 g/mol. The van der Waals surface area contributed by atoms with Crippen molar-refractivity contribution in [3.63, 3.8) is 0 Å². The van der Waals surface area contributed by atoms with Gasteiger partial charge < -0.3 is 26.0 Å². The maximum Gasteiger partial charge on any atom is 0.315 e. The average molecular weight is 374 g/mol. The minimum absolute atomic E-state index is 0.109. The molecule has 3 amide bonds. The quantitative estimate of drug-likeness (QED) is 0.640. The number of benzene rings is 1. The van der Waals surface area contributed by atoms with Gasteiger partial charge in [-0.1, -0.05) is 0 Å². The van der Waals surface area contributed by atoms with Gasteiger partial charge in [0, 0.05) is 18.8 Å². The normalized spacial score (nSPS) is 15.7. The molecule has 1 aromatic carbocycles. The Morgan fingerprint density at radius 1 is 1.31 bits per heavy atom. The smallest absolute Gasteiger partial charge is 0.315 e. The van der Waals surface area contributed by atoms with Gasteiger partial charge in [0.1, 0.15) is 18.5 Å². The van der Waals surface area contributed by atoms with Crippen LogP contribution in [0.3, 0.4) is 0 Å². The Balaban J connectivity index is 2.08. The zero-order valence-corrected chi connectivity index (χ0v) is 13.5. The third kappa shape index (κ3) is 4.70. The molecule has 1 aliphatic rings. The summed E-state index contributed by atoms with van der Waals surface area (Å²) >= 11 is 0. The minimum Gasteiger partial charge on any atom is -0.370 e. The van der Waals surface area contributed by atoms with E-state index in [1.165, 1.54) is 17.0 Å². The molecule has 26 heavy (non-hydrogen) atoms. The Morgan fingerprint density at radius 2 is 2.04 bits per heavy atom. The van der Waals surface area contributed by atoms with Gasteiger partial charge in [0.25, 0.3) is 11.8 Å². The van der Waals surface area contributed by atoms with Gasteiger partial charge in [-0.15, -0.1) is 0 Å². The number of morpholine rings is 1. The van der Waals surface area contributed by atoms with Gasteiger partial charge in [0.15, 0.2) is 0 Å². The van der Waals surface area contributed by atoms with E-state index >= 15 is 0 Å². The highest BCUT2D eigenvalue weighted by atomic mass is 19.3. The van der Waals surface area contributed by atoms with Crippen LogP contribution in [0, 0.1) is 5.82 Å². The number of ether oxygens (including phenoxy) is 1. The molecule has 1 aliphatic heterocycles. The van der Waals surface area contributed by atoms with Crippen LogP contribution < -0.4 is 21.3 Å². The number of hydrogen-bond acceptors (Lipinski definition) is 5. The summed E-state index contributed by atoms with van der Waals surface area (Å²) in [6.45, 7) is 0.0150. The van der Waals surface area contributed by atoms with Gasteiger partial charge in [-0.2, -0.15) is 8.78 Å². The SMILES string of the molecule is NC[C@H](NC(=O)C(F)F)C(=O)Nc1ccc(N2CCOCC2=O)cc1F. The Bertz CT molecular complexity index is 701. The molecule has 4 N–H and O–H groups in total. The number of nitrogens with one attached hydrogen (secondary N) is 2. The van der Waals surface area contributed by atoms with Crippen LogP contribution in [0.2, 0.25) is 0 Å². The number of nitrogens with zero attached hydrogens (tertiary/aromatic N) is 1. The van der Waals surface area contributed by atoms with Gasteiger partial charge in [-0.3, -0.25) is 14.4 Å². The Morgan fingerprint density at radius 3 is 2.62 bits per heavy atom. The molecular formula is C15H17F3N4O4. The number of alkyl halides is 2. The molecule has 11 heteroatoms. The summed E-state index contributed by atoms with van der Waals surface area (Å²) in [5.74, 6) is -3.77. The van der Waals surface area contributed by atoms with Crippen molar-refractivity contribution < 1.29 is 32.3 Å². The van der Waals surface area contributed by atoms with Crippen molar-refractivity contribution in [3.05, 3.63) is 24.0 Å². The molecule has 0 saturated carbocycles. The number of nitrogens with two attached hydrogens (primary N) is 1. The Kier molecular flexibility index (Phi) is 6.52. The van der Waals surface area contributed by atoms with Gasteiger partial charge >= 0.3 is 6.43 Å². The molecule has 1 aromatic rings. The van der Waals surface area contributed by atoms with Gasteiger partial charge in [-0.25, -0.2) is 4.39 Å². The lowest BCUT2D eigenvalue weighted by Crippen LogP contribution is -2.50. The van der Waals surface area contributed by atoms with Crippen LogP contribution in [0.1, 0.15) is 0 Å². The topological polar surface area (TPSA) is 114 Å². The first-order chi connectivity index (χ1) is 12.3. The van der Waals surface area contributed by atoms with E-state index in [4.69, 9.17) is 10.5 Å². The third-order valence-electron chi connectivity index (χ3n) is 3.57. The molecule has 0 unspecified atom stereocenters. The first-order valence-electron chi connectivity index (χ1n) is 7.60. The second kappa shape index (κ2) is 8.63. The summed E-state index contributed by atoms with van der Waals surface area (Å²) in [5, 5.41) is 3.92. The lowest BCUT2D eigenvalue weighted by atomic mass is 10.2. The third-order valence-corrected chi connectivity index (χ3v) is 3.57. The van der Waals surface area contributed by atoms with E-state index in [0.717, 1.165) is 6.07 Å². The molecule has 0 spiro atoms. The molecule has 8 nitrogen and oxygen atoms in total. The molecule has 0 radical (unpaired) electrons. The molecule has 0 aromatic heterocycles. The highest BCUT2D eigenvalue weighted by Gasteiger charge is 2.25. The maximum atomic E-state index is 14.2. The van der Waals surface area contributed by atoms with E-state index in [-0.39, 0.29) is 30.4 Å². The molecular weight excluding hydrogens is 357 g/mol. The molecule has 1 heterocycles. The van der Waals surface area contributed by atoms with Crippen LogP contribution in [0.4, 0.5) is 24.5 Å². The first kappa shape index (κ1) is 19.7. The Labute approximate surface area is 146 Å². The molecule has 0 bridgehead atoms. The van der Waals surface area contributed by atoms with E-state index in [9.17, 15) is 27.6 Å². The average Bonchev–Trinajstić information content (AvgIpc) is 2.61. The van der Waals surface area contributed by atoms with Crippen LogP contribution in [0.25, 0.3) is 0 Å². The maximum absolute atomic E-state index is 14.2. The van der Waals surface area contributed by atoms with E-state index in [1.807, 2.05) is 0 Å². The van der Waals surface area contributed by atoms with Crippen molar-refractivity contribution in [1.29, 1.82) is 0 Å². The fourth-order valence-electron chi connectivity index (χ4n) is 2.25. The molecule has 2 rings (SSSR count). The summed E-state index contributed by atoms with van der Waals surface area (Å²) in [7, 11) is 0. The molecule has 1 atom stereocenters. The Hall–Kier alpha value is -2.66. The fourth-order valence-corrected chi connectivity index (χ4v) is 2.25. The number of carbonyl (C=O) groups is 3. The van der Waals surface area contributed by atoms with E-state index < -0.39 is 36.6 Å². The van der Waals surface area contributed by atoms with Gasteiger partial charge in [0.2, 0.25) is 5.91 Å². The fraction of sp³-hybridized carbons (Fsp3) is 0.400. The largest absolute Gasteiger partial charge is 0.370 e. The number of anilines is 2. The summed E-state index contributed by atoms with van der Waals surface area (Å²) in [4.78, 5) is 36.0. The summed E-state index contributed by atoms with van der Waals surface area (Å²) < 4.78 is 43.7. The van der Waals surface area contributed by atoms with Crippen molar-refractivity contribution in [3.8, 4) is 0 Å². The van der Waals surface area contributed by atoms with Gasteiger partial charge in [0.05, 0.1) is 12.3 Å². The van der Waals surface area contributed by atoms with Crippen molar-refractivity contribution in [1.82, 2.24) is 5.32 Å². The predicted octanol–water partition coefficient (Wildman–Crippen LogP) is -0.164. The molecule has 0 aliphatic carbocycles. The summed E-state index contributed by atoms with van der Waals surface area (Å²) in [6, 6.07) is 2.23. The summed E-state index contributed by atoms with van der Waals surface area (Å²) in [5.41, 5.74) is 5.32. The summed E-state index contributed by atoms with van der Waals surface area (Å²) in [6.07, 6.45) is -3.31. The number of halogens is 3. The highest BCUT2D eigenvalue weighted by molar-refractivity contribution is 5.98. The van der Waals surface area contributed by atoms with Crippen LogP contribution in [0.5, 0.6) is 0 Å². The van der Waals surface area contributed by atoms with Crippen molar-refractivity contribution in [2.45, 2.75) is 12.5 Å². The van der Waals surface area contributed by atoms with E-state index in [1.54, 1.807) is 5.32 Å². The lowest BCUT2D eigenvalue weighted by molar-refractivity contribution is -0.134. The molecule has 1 fully saturated rings.